The molecule has 3 rings (SSSR count). The number of esters is 2. The van der Waals surface area contributed by atoms with Gasteiger partial charge in [0.15, 0.2) is 11.2 Å². The van der Waals surface area contributed by atoms with Crippen molar-refractivity contribution in [3.63, 3.8) is 0 Å². The minimum Gasteiger partial charge on any atom is -0.467 e. The summed E-state index contributed by atoms with van der Waals surface area (Å²) < 4.78 is 38.5. The van der Waals surface area contributed by atoms with Gasteiger partial charge in [0.05, 0.1) is 67.1 Å². The Morgan fingerprint density at radius 1 is 0.585 bits per heavy atom. The lowest BCUT2D eigenvalue weighted by Crippen LogP contribution is -2.68. The van der Waals surface area contributed by atoms with Gasteiger partial charge in [-0.1, -0.05) is 0 Å². The number of amides is 2. The van der Waals surface area contributed by atoms with Crippen LogP contribution >= 0.6 is 0 Å². The van der Waals surface area contributed by atoms with E-state index in [0.29, 0.717) is 26.4 Å². The van der Waals surface area contributed by atoms with Crippen LogP contribution in [0.1, 0.15) is 27.7 Å². The molecule has 0 aliphatic carbocycles. The highest BCUT2D eigenvalue weighted by molar-refractivity contribution is 5.93. The maximum absolute atomic E-state index is 13.7. The summed E-state index contributed by atoms with van der Waals surface area (Å²) in [6.45, 7) is 7.39. The molecule has 2 bridgehead atoms. The largest absolute Gasteiger partial charge is 0.467 e. The molecule has 0 radical (unpaired) electrons. The summed E-state index contributed by atoms with van der Waals surface area (Å²) in [5, 5.41) is 11.6. The van der Waals surface area contributed by atoms with Crippen LogP contribution in [0.15, 0.2) is 0 Å². The quantitative estimate of drug-likeness (QED) is 0.203. The monoisotopic (exact) mass is 590 g/mol. The Morgan fingerprint density at radius 3 is 1.22 bits per heavy atom. The first-order valence-corrected chi connectivity index (χ1v) is 13.6. The molecule has 0 aromatic heterocycles. The molecule has 3 heterocycles. The van der Waals surface area contributed by atoms with Crippen LogP contribution in [-0.4, -0.2) is 139 Å². The number of methoxy groups -OCH3 is 2. The van der Waals surface area contributed by atoms with Gasteiger partial charge < -0.3 is 54.4 Å². The summed E-state index contributed by atoms with van der Waals surface area (Å²) in [4.78, 5) is 53.0. The summed E-state index contributed by atoms with van der Waals surface area (Å²) in [6, 6.07) is 0. The zero-order chi connectivity index (χ0) is 30.6. The standard InChI is InChI=1S/C26H46N4O11/c1-23(21(33)35-5)15-27-17-26(4)20(32)30-24(2,22(34)36-6)16-28-18-25(3,19(31)29-23)40-13-11-38-9-7-37-8-10-39-12-14-41-26/h27-28H,7-18H2,1-6H3,(H,29,31)(H,30,32)/t23-,24-,25-,26-/m0/s1. The number of hydrogen-bond acceptors (Lipinski definition) is 13. The number of carbonyl (C=O) groups is 4. The van der Waals surface area contributed by atoms with Crippen molar-refractivity contribution in [2.24, 2.45) is 0 Å². The van der Waals surface area contributed by atoms with Gasteiger partial charge in [-0.3, -0.25) is 9.59 Å². The van der Waals surface area contributed by atoms with Crippen LogP contribution in [0.3, 0.4) is 0 Å². The molecule has 0 spiro atoms. The van der Waals surface area contributed by atoms with E-state index in [1.54, 1.807) is 13.8 Å². The van der Waals surface area contributed by atoms with E-state index < -0.39 is 46.0 Å². The van der Waals surface area contributed by atoms with Crippen LogP contribution in [-0.2, 0) is 52.3 Å². The fourth-order valence-electron chi connectivity index (χ4n) is 4.24. The third-order valence-electron chi connectivity index (χ3n) is 6.93. The molecule has 4 atom stereocenters. The van der Waals surface area contributed by atoms with Crippen molar-refractivity contribution in [1.82, 2.24) is 21.3 Å². The number of carbonyl (C=O) groups excluding carboxylic acids is 4. The van der Waals surface area contributed by atoms with Crippen molar-refractivity contribution in [3.05, 3.63) is 0 Å². The van der Waals surface area contributed by atoms with Gasteiger partial charge in [-0.2, -0.15) is 0 Å². The average molecular weight is 591 g/mol. The first kappa shape index (κ1) is 34.8. The molecule has 3 fully saturated rings. The van der Waals surface area contributed by atoms with Gasteiger partial charge >= 0.3 is 11.9 Å². The SMILES string of the molecule is COC(=O)[C@]1(C)CNC[C@]2(C)OCCOCCOCCOCCO[C@@](C)(CNC[C@@](C)(C(=O)OC)NC2=O)C(=O)N1. The van der Waals surface area contributed by atoms with E-state index in [-0.39, 0.29) is 52.6 Å². The minimum absolute atomic E-state index is 0.0442. The molecule has 236 valence electrons. The molecule has 0 aromatic carbocycles. The van der Waals surface area contributed by atoms with E-state index in [9.17, 15) is 19.2 Å². The molecule has 3 aliphatic rings. The highest BCUT2D eigenvalue weighted by Gasteiger charge is 2.47. The Balaban J connectivity index is 2.51. The van der Waals surface area contributed by atoms with Crippen molar-refractivity contribution >= 4 is 23.8 Å². The Bertz CT molecular complexity index is 839. The Hall–Kier alpha value is -2.40. The van der Waals surface area contributed by atoms with Crippen LogP contribution in [0.5, 0.6) is 0 Å². The van der Waals surface area contributed by atoms with Gasteiger partial charge in [0.1, 0.15) is 11.1 Å². The molecular weight excluding hydrogens is 544 g/mol. The van der Waals surface area contributed by atoms with Gasteiger partial charge in [-0.05, 0) is 27.7 Å². The third kappa shape index (κ3) is 9.84. The third-order valence-corrected chi connectivity index (χ3v) is 6.93. The van der Waals surface area contributed by atoms with Crippen LogP contribution in [0.4, 0.5) is 0 Å². The molecule has 4 N–H and O–H groups in total. The lowest BCUT2D eigenvalue weighted by molar-refractivity contribution is -0.159. The number of rotatable bonds is 2. The topological polar surface area (TPSA) is 181 Å². The van der Waals surface area contributed by atoms with Crippen molar-refractivity contribution < 1.29 is 52.3 Å². The highest BCUT2D eigenvalue weighted by atomic mass is 16.6. The fourth-order valence-corrected chi connectivity index (χ4v) is 4.24. The summed E-state index contributed by atoms with van der Waals surface area (Å²) in [5.74, 6) is -2.63. The molecule has 3 saturated heterocycles. The van der Waals surface area contributed by atoms with Crippen LogP contribution in [0.25, 0.3) is 0 Å². The average Bonchev–Trinajstić information content (AvgIpc) is 2.93. The van der Waals surface area contributed by atoms with E-state index in [1.807, 2.05) is 0 Å². The maximum Gasteiger partial charge on any atom is 0.332 e. The first-order chi connectivity index (χ1) is 19.3. The second-order valence-electron chi connectivity index (χ2n) is 10.8. The van der Waals surface area contributed by atoms with Gasteiger partial charge in [-0.15, -0.1) is 0 Å². The second kappa shape index (κ2) is 15.7. The number of fused-ring (bicyclic) bond motifs is 22. The number of nitrogens with one attached hydrogen (secondary N) is 4. The number of ether oxygens (including phenoxy) is 7. The molecule has 15 nitrogen and oxygen atoms in total. The maximum atomic E-state index is 13.7. The zero-order valence-electron chi connectivity index (χ0n) is 25.0. The Morgan fingerprint density at radius 2 is 0.902 bits per heavy atom. The molecular formula is C26H46N4O11. The molecule has 0 saturated carbocycles. The van der Waals surface area contributed by atoms with Gasteiger partial charge in [0, 0.05) is 26.2 Å². The smallest absolute Gasteiger partial charge is 0.332 e. The van der Waals surface area contributed by atoms with E-state index >= 15 is 0 Å². The van der Waals surface area contributed by atoms with Gasteiger partial charge in [0.2, 0.25) is 0 Å². The first-order valence-electron chi connectivity index (χ1n) is 13.6. The van der Waals surface area contributed by atoms with Crippen molar-refractivity contribution in [2.45, 2.75) is 50.0 Å². The van der Waals surface area contributed by atoms with Crippen molar-refractivity contribution in [1.29, 1.82) is 0 Å². The normalized spacial score (nSPS) is 34.3. The van der Waals surface area contributed by atoms with Crippen LogP contribution < -0.4 is 21.3 Å². The van der Waals surface area contributed by atoms with Crippen LogP contribution in [0, 0.1) is 0 Å². The highest BCUT2D eigenvalue weighted by Crippen LogP contribution is 2.18. The Labute approximate surface area is 240 Å². The van der Waals surface area contributed by atoms with E-state index in [2.05, 4.69) is 21.3 Å². The molecule has 2 amide bonds. The molecule has 0 aromatic rings. The molecule has 41 heavy (non-hydrogen) atoms. The summed E-state index contributed by atoms with van der Waals surface area (Å²) in [5.41, 5.74) is -6.11. The summed E-state index contributed by atoms with van der Waals surface area (Å²) >= 11 is 0. The zero-order valence-corrected chi connectivity index (χ0v) is 25.0. The minimum atomic E-state index is -1.53. The van der Waals surface area contributed by atoms with Crippen LogP contribution in [0.2, 0.25) is 0 Å². The van der Waals surface area contributed by atoms with E-state index in [1.165, 1.54) is 28.1 Å². The molecule has 0 unspecified atom stereocenters. The lowest BCUT2D eigenvalue weighted by Gasteiger charge is -2.39. The second-order valence-corrected chi connectivity index (χ2v) is 10.8. The molecule has 15 heteroatoms. The van der Waals surface area contributed by atoms with Crippen molar-refractivity contribution in [3.8, 4) is 0 Å². The predicted molar refractivity (Wildman–Crippen MR) is 144 cm³/mol. The summed E-state index contributed by atoms with van der Waals surface area (Å²) in [7, 11) is 2.43. The molecule has 3 aliphatic heterocycles. The fraction of sp³-hybridized carbons (Fsp3) is 0.846. The predicted octanol–water partition coefficient (Wildman–Crippen LogP) is -2.11. The van der Waals surface area contributed by atoms with E-state index in [0.717, 1.165) is 0 Å². The van der Waals surface area contributed by atoms with Gasteiger partial charge in [0.25, 0.3) is 11.8 Å². The summed E-state index contributed by atoms with van der Waals surface area (Å²) in [6.07, 6.45) is 0. The lowest BCUT2D eigenvalue weighted by atomic mass is 9.95. The van der Waals surface area contributed by atoms with E-state index in [4.69, 9.17) is 33.2 Å². The Kier molecular flexibility index (Phi) is 13.3. The van der Waals surface area contributed by atoms with Gasteiger partial charge in [-0.25, -0.2) is 9.59 Å². The number of hydrogen-bond donors (Lipinski definition) is 4. The van der Waals surface area contributed by atoms with Crippen molar-refractivity contribution in [2.75, 3.05) is 93.3 Å².